The lowest BCUT2D eigenvalue weighted by Crippen LogP contribution is -2.39. The lowest BCUT2D eigenvalue weighted by atomic mass is 9.96. The molecule has 1 aliphatic heterocycles. The van der Waals surface area contributed by atoms with Crippen molar-refractivity contribution < 1.29 is 13.2 Å². The van der Waals surface area contributed by atoms with Crippen molar-refractivity contribution in [1.29, 1.82) is 0 Å². The molecule has 0 bridgehead atoms. The largest absolute Gasteiger partial charge is 0.397 e. The van der Waals surface area contributed by atoms with Crippen LogP contribution in [0.2, 0.25) is 0 Å². The van der Waals surface area contributed by atoms with Crippen molar-refractivity contribution in [3.05, 3.63) is 18.2 Å². The Hall–Kier alpha value is -1.59. The van der Waals surface area contributed by atoms with Gasteiger partial charge in [-0.25, -0.2) is 0 Å². The molecule has 18 heavy (non-hydrogen) atoms. The van der Waals surface area contributed by atoms with E-state index in [1.54, 1.807) is 18.2 Å². The Bertz CT molecular complexity index is 423. The number of alkyl halides is 3. The molecule has 0 atom stereocenters. The number of nitrogens with two attached hydrogens (primary N) is 2. The SMILES string of the molecule is Nc1ccc(N2CCC(C(F)(F)F)CC2)cc1N. The van der Waals surface area contributed by atoms with Gasteiger partial charge in [-0.3, -0.25) is 0 Å². The molecule has 0 aliphatic carbocycles. The zero-order valence-corrected chi connectivity index (χ0v) is 9.87. The molecule has 4 N–H and O–H groups in total. The fourth-order valence-corrected chi connectivity index (χ4v) is 2.22. The van der Waals surface area contributed by atoms with Crippen molar-refractivity contribution >= 4 is 17.1 Å². The van der Waals surface area contributed by atoms with E-state index in [1.165, 1.54) is 0 Å². The van der Waals surface area contributed by atoms with Crippen LogP contribution in [0.3, 0.4) is 0 Å². The first-order valence-electron chi connectivity index (χ1n) is 5.84. The van der Waals surface area contributed by atoms with E-state index in [4.69, 9.17) is 11.5 Å². The molecule has 1 saturated heterocycles. The minimum Gasteiger partial charge on any atom is -0.397 e. The number of halogens is 3. The third-order valence-electron chi connectivity index (χ3n) is 3.39. The van der Waals surface area contributed by atoms with Crippen LogP contribution >= 0.6 is 0 Å². The normalized spacial score (nSPS) is 18.1. The molecule has 100 valence electrons. The first-order chi connectivity index (χ1) is 8.38. The van der Waals surface area contributed by atoms with Gasteiger partial charge in [-0.15, -0.1) is 0 Å². The van der Waals surface area contributed by atoms with E-state index in [2.05, 4.69) is 0 Å². The van der Waals surface area contributed by atoms with E-state index >= 15 is 0 Å². The Kier molecular flexibility index (Phi) is 3.28. The van der Waals surface area contributed by atoms with Crippen LogP contribution in [0.5, 0.6) is 0 Å². The van der Waals surface area contributed by atoms with Gasteiger partial charge in [-0.1, -0.05) is 0 Å². The second kappa shape index (κ2) is 4.59. The predicted octanol–water partition coefficient (Wildman–Crippen LogP) is 2.63. The maximum Gasteiger partial charge on any atom is 0.391 e. The number of nitrogens with zero attached hydrogens (tertiary/aromatic N) is 1. The van der Waals surface area contributed by atoms with Crippen molar-refractivity contribution in [2.45, 2.75) is 19.0 Å². The first-order valence-corrected chi connectivity index (χ1v) is 5.84. The lowest BCUT2D eigenvalue weighted by molar-refractivity contribution is -0.179. The molecular weight excluding hydrogens is 243 g/mol. The Morgan fingerprint density at radius 3 is 2.17 bits per heavy atom. The van der Waals surface area contributed by atoms with Gasteiger partial charge in [0.2, 0.25) is 0 Å². The smallest absolute Gasteiger partial charge is 0.391 e. The van der Waals surface area contributed by atoms with Gasteiger partial charge in [0.1, 0.15) is 0 Å². The second-order valence-electron chi connectivity index (χ2n) is 4.62. The van der Waals surface area contributed by atoms with Gasteiger partial charge in [0.25, 0.3) is 0 Å². The average Bonchev–Trinajstić information content (AvgIpc) is 2.32. The summed E-state index contributed by atoms with van der Waals surface area (Å²) in [7, 11) is 0. The zero-order chi connectivity index (χ0) is 13.3. The van der Waals surface area contributed by atoms with Gasteiger partial charge in [-0.05, 0) is 31.0 Å². The summed E-state index contributed by atoms with van der Waals surface area (Å²) in [6.07, 6.45) is -3.81. The Balaban J connectivity index is 2.03. The van der Waals surface area contributed by atoms with Crippen LogP contribution in [0.15, 0.2) is 18.2 Å². The standard InChI is InChI=1S/C12H16F3N3/c13-12(14,15)8-3-5-18(6-4-8)9-1-2-10(16)11(17)7-9/h1-2,7-8H,3-6,16-17H2. The molecule has 0 radical (unpaired) electrons. The molecular formula is C12H16F3N3. The van der Waals surface area contributed by atoms with Crippen LogP contribution in [0, 0.1) is 5.92 Å². The lowest BCUT2D eigenvalue weighted by Gasteiger charge is -2.34. The van der Waals surface area contributed by atoms with Crippen LogP contribution < -0.4 is 16.4 Å². The van der Waals surface area contributed by atoms with Crippen LogP contribution in [-0.4, -0.2) is 19.3 Å². The van der Waals surface area contributed by atoms with Crippen molar-refractivity contribution in [3.63, 3.8) is 0 Å². The minimum absolute atomic E-state index is 0.133. The molecule has 0 aromatic heterocycles. The van der Waals surface area contributed by atoms with Crippen LogP contribution in [0.25, 0.3) is 0 Å². The summed E-state index contributed by atoms with van der Waals surface area (Å²) in [4.78, 5) is 1.91. The molecule has 0 unspecified atom stereocenters. The number of anilines is 3. The quantitative estimate of drug-likeness (QED) is 0.762. The summed E-state index contributed by atoms with van der Waals surface area (Å²) >= 11 is 0. The van der Waals surface area contributed by atoms with Crippen LogP contribution in [0.4, 0.5) is 30.2 Å². The van der Waals surface area contributed by atoms with E-state index in [-0.39, 0.29) is 12.8 Å². The van der Waals surface area contributed by atoms with E-state index in [0.717, 1.165) is 5.69 Å². The Labute approximate surface area is 104 Å². The number of rotatable bonds is 1. The molecule has 1 aliphatic rings. The van der Waals surface area contributed by atoms with E-state index in [0.29, 0.717) is 24.5 Å². The Morgan fingerprint density at radius 1 is 1.06 bits per heavy atom. The molecule has 2 rings (SSSR count). The highest BCUT2D eigenvalue weighted by molar-refractivity contribution is 5.69. The van der Waals surface area contributed by atoms with Gasteiger partial charge in [0, 0.05) is 18.8 Å². The van der Waals surface area contributed by atoms with Crippen molar-refractivity contribution in [3.8, 4) is 0 Å². The van der Waals surface area contributed by atoms with Gasteiger partial charge in [0.15, 0.2) is 0 Å². The van der Waals surface area contributed by atoms with Gasteiger partial charge < -0.3 is 16.4 Å². The number of nitrogen functional groups attached to an aromatic ring is 2. The zero-order valence-electron chi connectivity index (χ0n) is 9.87. The van der Waals surface area contributed by atoms with Gasteiger partial charge in [0.05, 0.1) is 17.3 Å². The van der Waals surface area contributed by atoms with Crippen molar-refractivity contribution in [2.24, 2.45) is 5.92 Å². The maximum atomic E-state index is 12.5. The topological polar surface area (TPSA) is 55.3 Å². The molecule has 0 amide bonds. The summed E-state index contributed by atoms with van der Waals surface area (Å²) < 4.78 is 37.6. The van der Waals surface area contributed by atoms with E-state index in [9.17, 15) is 13.2 Å². The highest BCUT2D eigenvalue weighted by Crippen LogP contribution is 2.35. The van der Waals surface area contributed by atoms with E-state index < -0.39 is 12.1 Å². The highest BCUT2D eigenvalue weighted by atomic mass is 19.4. The molecule has 0 saturated carbocycles. The minimum atomic E-state index is -4.08. The van der Waals surface area contributed by atoms with Crippen LogP contribution in [0.1, 0.15) is 12.8 Å². The fourth-order valence-electron chi connectivity index (χ4n) is 2.22. The molecule has 6 heteroatoms. The number of piperidine rings is 1. The predicted molar refractivity (Wildman–Crippen MR) is 66.3 cm³/mol. The molecule has 1 fully saturated rings. The summed E-state index contributed by atoms with van der Waals surface area (Å²) in [5.41, 5.74) is 13.1. The molecule has 1 aromatic carbocycles. The number of benzene rings is 1. The third kappa shape index (κ3) is 2.63. The fraction of sp³-hybridized carbons (Fsp3) is 0.500. The van der Waals surface area contributed by atoms with Crippen molar-refractivity contribution in [1.82, 2.24) is 0 Å². The molecule has 0 spiro atoms. The number of hydrogen-bond donors (Lipinski definition) is 2. The summed E-state index contributed by atoms with van der Waals surface area (Å²) in [5, 5.41) is 0. The summed E-state index contributed by atoms with van der Waals surface area (Å²) in [6, 6.07) is 5.18. The second-order valence-corrected chi connectivity index (χ2v) is 4.62. The Morgan fingerprint density at radius 2 is 1.67 bits per heavy atom. The first kappa shape index (κ1) is 12.9. The summed E-state index contributed by atoms with van der Waals surface area (Å²) in [6.45, 7) is 0.793. The third-order valence-corrected chi connectivity index (χ3v) is 3.39. The molecule has 1 aromatic rings. The molecule has 3 nitrogen and oxygen atoms in total. The monoisotopic (exact) mass is 259 g/mol. The average molecular weight is 259 g/mol. The van der Waals surface area contributed by atoms with Gasteiger partial charge in [-0.2, -0.15) is 13.2 Å². The number of hydrogen-bond acceptors (Lipinski definition) is 3. The van der Waals surface area contributed by atoms with Crippen LogP contribution in [-0.2, 0) is 0 Å². The summed E-state index contributed by atoms with van der Waals surface area (Å²) in [5.74, 6) is -1.18. The van der Waals surface area contributed by atoms with E-state index in [1.807, 2.05) is 4.90 Å². The maximum absolute atomic E-state index is 12.5. The highest BCUT2D eigenvalue weighted by Gasteiger charge is 2.41. The van der Waals surface area contributed by atoms with Crippen molar-refractivity contribution in [2.75, 3.05) is 29.5 Å². The molecule has 1 heterocycles. The van der Waals surface area contributed by atoms with Gasteiger partial charge >= 0.3 is 6.18 Å².